The molecule has 0 saturated heterocycles. The van der Waals surface area contributed by atoms with Crippen LogP contribution in [0, 0.1) is 10.1 Å². The van der Waals surface area contributed by atoms with Gasteiger partial charge in [-0.05, 0) is 18.9 Å². The van der Waals surface area contributed by atoms with E-state index in [2.05, 4.69) is 17.0 Å². The minimum atomic E-state index is -0.244. The van der Waals surface area contributed by atoms with E-state index < -0.39 is 0 Å². The average Bonchev–Trinajstić information content (AvgIpc) is 2.32. The Kier molecular flexibility index (Phi) is 3.54. The molecule has 1 heterocycles. The third kappa shape index (κ3) is 2.91. The highest BCUT2D eigenvalue weighted by atomic mass is 16.6. The number of benzene rings is 1. The van der Waals surface area contributed by atoms with Crippen LogP contribution >= 0.6 is 0 Å². The molecule has 1 aliphatic heterocycles. The number of nitrogens with zero attached hydrogens (tertiary/aromatic N) is 2. The Morgan fingerprint density at radius 2 is 2.06 bits per heavy atom. The predicted octanol–water partition coefficient (Wildman–Crippen LogP) is 2.44. The van der Waals surface area contributed by atoms with Crippen molar-refractivity contribution in [1.82, 2.24) is 4.90 Å². The maximum absolute atomic E-state index is 10.9. The lowest BCUT2D eigenvalue weighted by Gasteiger charge is -2.25. The first-order valence-corrected chi connectivity index (χ1v) is 5.76. The molecular formula is C13H16N2O2. The summed E-state index contributed by atoms with van der Waals surface area (Å²) in [4.78, 5) is 12.8. The quantitative estimate of drug-likeness (QED) is 0.594. The molecule has 0 atom stereocenters. The summed E-state index contributed by atoms with van der Waals surface area (Å²) in [7, 11) is 0. The summed E-state index contributed by atoms with van der Waals surface area (Å²) in [5.41, 5.74) is 2.49. The summed E-state index contributed by atoms with van der Waals surface area (Å²) in [6.07, 6.45) is 0.795. The lowest BCUT2D eigenvalue weighted by atomic mass is 10.1. The van der Waals surface area contributed by atoms with Gasteiger partial charge in [-0.1, -0.05) is 30.3 Å². The third-order valence-electron chi connectivity index (χ3n) is 3.14. The fourth-order valence-corrected chi connectivity index (χ4v) is 2.09. The van der Waals surface area contributed by atoms with Crippen LogP contribution in [0.3, 0.4) is 0 Å². The second kappa shape index (κ2) is 5.10. The van der Waals surface area contributed by atoms with E-state index in [9.17, 15) is 10.1 Å². The van der Waals surface area contributed by atoms with Crippen LogP contribution in [0.1, 0.15) is 18.9 Å². The maximum Gasteiger partial charge on any atom is 0.259 e. The molecule has 4 heteroatoms. The first-order chi connectivity index (χ1) is 8.16. The van der Waals surface area contributed by atoms with Crippen LogP contribution in [0.2, 0.25) is 0 Å². The molecular weight excluding hydrogens is 216 g/mol. The molecule has 2 rings (SSSR count). The van der Waals surface area contributed by atoms with E-state index in [1.807, 2.05) is 25.1 Å². The van der Waals surface area contributed by atoms with Gasteiger partial charge in [0.15, 0.2) is 0 Å². The van der Waals surface area contributed by atoms with E-state index in [0.717, 1.165) is 25.1 Å². The Balaban J connectivity index is 2.04. The van der Waals surface area contributed by atoms with E-state index in [1.54, 1.807) is 0 Å². The largest absolute Gasteiger partial charge is 0.289 e. The number of hydrogen-bond donors (Lipinski definition) is 0. The Bertz CT molecular complexity index is 440. The van der Waals surface area contributed by atoms with Crippen molar-refractivity contribution in [1.29, 1.82) is 0 Å². The fourth-order valence-electron chi connectivity index (χ4n) is 2.09. The van der Waals surface area contributed by atoms with Gasteiger partial charge in [0.2, 0.25) is 0 Å². The molecule has 0 unspecified atom stereocenters. The zero-order valence-corrected chi connectivity index (χ0v) is 9.93. The van der Waals surface area contributed by atoms with Crippen molar-refractivity contribution in [2.75, 3.05) is 13.1 Å². The van der Waals surface area contributed by atoms with Gasteiger partial charge in [-0.3, -0.25) is 15.0 Å². The van der Waals surface area contributed by atoms with Crippen LogP contribution < -0.4 is 0 Å². The van der Waals surface area contributed by atoms with Crippen molar-refractivity contribution in [2.45, 2.75) is 19.9 Å². The Labute approximate surface area is 101 Å². The summed E-state index contributed by atoms with van der Waals surface area (Å²) in [5, 5.41) is 10.9. The fraction of sp³-hybridized carbons (Fsp3) is 0.385. The molecule has 0 amide bonds. The van der Waals surface area contributed by atoms with Crippen molar-refractivity contribution in [3.05, 3.63) is 57.3 Å². The molecule has 4 nitrogen and oxygen atoms in total. The Morgan fingerprint density at radius 3 is 2.71 bits per heavy atom. The van der Waals surface area contributed by atoms with Gasteiger partial charge in [0.25, 0.3) is 5.70 Å². The third-order valence-corrected chi connectivity index (χ3v) is 3.14. The second-order valence-electron chi connectivity index (χ2n) is 4.43. The molecule has 0 bridgehead atoms. The lowest BCUT2D eigenvalue weighted by Crippen LogP contribution is -2.33. The predicted molar refractivity (Wildman–Crippen MR) is 66.0 cm³/mol. The van der Waals surface area contributed by atoms with Crippen LogP contribution in [0.5, 0.6) is 0 Å². The zero-order chi connectivity index (χ0) is 12.3. The summed E-state index contributed by atoms with van der Waals surface area (Å²) < 4.78 is 0. The Morgan fingerprint density at radius 1 is 1.35 bits per heavy atom. The lowest BCUT2D eigenvalue weighted by molar-refractivity contribution is -0.430. The van der Waals surface area contributed by atoms with Crippen molar-refractivity contribution >= 4 is 0 Å². The van der Waals surface area contributed by atoms with Gasteiger partial charge in [-0.25, -0.2) is 0 Å². The molecule has 0 aromatic heterocycles. The van der Waals surface area contributed by atoms with E-state index in [0.29, 0.717) is 12.2 Å². The standard InChI is InChI=1S/C13H16N2O2/c1-11-7-8-14(10-13(11)15(16)17)9-12-5-3-2-4-6-12/h2-6H,7-10H2,1H3. The molecule has 0 N–H and O–H groups in total. The van der Waals surface area contributed by atoms with Crippen molar-refractivity contribution in [3.63, 3.8) is 0 Å². The van der Waals surface area contributed by atoms with Crippen molar-refractivity contribution < 1.29 is 4.92 Å². The van der Waals surface area contributed by atoms with E-state index in [4.69, 9.17) is 0 Å². The van der Waals surface area contributed by atoms with E-state index in [1.165, 1.54) is 5.56 Å². The van der Waals surface area contributed by atoms with E-state index in [-0.39, 0.29) is 4.92 Å². The number of rotatable bonds is 3. The van der Waals surface area contributed by atoms with Gasteiger partial charge >= 0.3 is 0 Å². The number of hydrogen-bond acceptors (Lipinski definition) is 3. The molecule has 1 aromatic rings. The highest BCUT2D eigenvalue weighted by Gasteiger charge is 2.24. The average molecular weight is 232 g/mol. The van der Waals surface area contributed by atoms with Crippen LogP contribution in [0.15, 0.2) is 41.6 Å². The maximum atomic E-state index is 10.9. The van der Waals surface area contributed by atoms with Gasteiger partial charge in [0, 0.05) is 18.7 Å². The minimum absolute atomic E-state index is 0.244. The molecule has 0 radical (unpaired) electrons. The van der Waals surface area contributed by atoms with Crippen LogP contribution in [0.4, 0.5) is 0 Å². The normalized spacial score (nSPS) is 17.2. The van der Waals surface area contributed by atoms with E-state index >= 15 is 0 Å². The summed E-state index contributed by atoms with van der Waals surface area (Å²) in [6.45, 7) is 4.00. The highest BCUT2D eigenvalue weighted by Crippen LogP contribution is 2.19. The molecule has 17 heavy (non-hydrogen) atoms. The summed E-state index contributed by atoms with van der Waals surface area (Å²) >= 11 is 0. The van der Waals surface area contributed by atoms with Gasteiger partial charge in [0.05, 0.1) is 11.5 Å². The van der Waals surface area contributed by atoms with Gasteiger partial charge in [0.1, 0.15) is 0 Å². The van der Waals surface area contributed by atoms with Crippen molar-refractivity contribution in [3.8, 4) is 0 Å². The van der Waals surface area contributed by atoms with Crippen LogP contribution in [-0.2, 0) is 6.54 Å². The van der Waals surface area contributed by atoms with Crippen LogP contribution in [-0.4, -0.2) is 22.9 Å². The van der Waals surface area contributed by atoms with Gasteiger partial charge in [-0.15, -0.1) is 0 Å². The monoisotopic (exact) mass is 232 g/mol. The summed E-state index contributed by atoms with van der Waals surface area (Å²) in [5.74, 6) is 0. The minimum Gasteiger partial charge on any atom is -0.289 e. The SMILES string of the molecule is CC1=C([N+](=O)[O-])CN(Cc2ccccc2)CC1. The molecule has 0 saturated carbocycles. The highest BCUT2D eigenvalue weighted by molar-refractivity contribution is 5.16. The number of nitro groups is 1. The second-order valence-corrected chi connectivity index (χ2v) is 4.43. The topological polar surface area (TPSA) is 46.4 Å². The molecule has 1 aromatic carbocycles. The summed E-state index contributed by atoms with van der Waals surface area (Å²) in [6, 6.07) is 10.1. The smallest absolute Gasteiger partial charge is 0.259 e. The van der Waals surface area contributed by atoms with Crippen LogP contribution in [0.25, 0.3) is 0 Å². The molecule has 90 valence electrons. The molecule has 0 spiro atoms. The Hall–Kier alpha value is -1.68. The molecule has 1 aliphatic rings. The first-order valence-electron chi connectivity index (χ1n) is 5.76. The zero-order valence-electron chi connectivity index (χ0n) is 9.93. The molecule has 0 aliphatic carbocycles. The molecule has 0 fully saturated rings. The van der Waals surface area contributed by atoms with Gasteiger partial charge < -0.3 is 0 Å². The van der Waals surface area contributed by atoms with Crippen molar-refractivity contribution in [2.24, 2.45) is 0 Å². The van der Waals surface area contributed by atoms with Gasteiger partial charge in [-0.2, -0.15) is 0 Å². The first kappa shape index (κ1) is 11.8.